The molecule has 2 heterocycles. The molecule has 26 heavy (non-hydrogen) atoms. The molecule has 4 rings (SSSR count). The Bertz CT molecular complexity index is 965. The van der Waals surface area contributed by atoms with Crippen LogP contribution in [0, 0.1) is 0 Å². The Morgan fingerprint density at radius 2 is 2.08 bits per heavy atom. The predicted molar refractivity (Wildman–Crippen MR) is 106 cm³/mol. The van der Waals surface area contributed by atoms with Gasteiger partial charge in [0.2, 0.25) is 5.91 Å². The van der Waals surface area contributed by atoms with Gasteiger partial charge in [-0.1, -0.05) is 24.3 Å². The number of amides is 1. The van der Waals surface area contributed by atoms with Crippen LogP contribution in [0.3, 0.4) is 0 Å². The Kier molecular flexibility index (Phi) is 4.76. The van der Waals surface area contributed by atoms with E-state index in [0.717, 1.165) is 31.6 Å². The topological polar surface area (TPSA) is 43.3 Å². The van der Waals surface area contributed by atoms with Crippen LogP contribution >= 0.6 is 0 Å². The first-order valence-corrected chi connectivity index (χ1v) is 9.33. The number of benzene rings is 2. The average molecular weight is 348 g/mol. The molecule has 4 nitrogen and oxygen atoms in total. The number of para-hydroxylation sites is 1. The second kappa shape index (κ2) is 7.34. The van der Waals surface area contributed by atoms with Crippen molar-refractivity contribution in [3.8, 4) is 0 Å². The molecular weight excluding hydrogens is 324 g/mol. The van der Waals surface area contributed by atoms with E-state index >= 15 is 0 Å². The van der Waals surface area contributed by atoms with Crippen molar-refractivity contribution in [3.63, 3.8) is 0 Å². The molecule has 0 saturated carbocycles. The van der Waals surface area contributed by atoms with Gasteiger partial charge >= 0.3 is 0 Å². The van der Waals surface area contributed by atoms with Crippen LogP contribution in [0.4, 0.5) is 0 Å². The number of aromatic nitrogens is 1. The highest BCUT2D eigenvalue weighted by Gasteiger charge is 2.14. The highest BCUT2D eigenvalue weighted by Crippen LogP contribution is 2.29. The van der Waals surface area contributed by atoms with Crippen molar-refractivity contribution in [1.82, 2.24) is 9.88 Å². The number of nitrogens with one attached hydrogen (secondary N) is 1. The van der Waals surface area contributed by atoms with Crippen molar-refractivity contribution in [2.45, 2.75) is 32.4 Å². The maximum Gasteiger partial charge on any atom is 0.244 e. The van der Waals surface area contributed by atoms with Crippen LogP contribution in [0.1, 0.15) is 25.3 Å². The molecule has 0 spiro atoms. The summed E-state index contributed by atoms with van der Waals surface area (Å²) < 4.78 is 7.73. The average Bonchev–Trinajstić information content (AvgIpc) is 3.00. The minimum atomic E-state index is -0.0587. The van der Waals surface area contributed by atoms with Gasteiger partial charge in [0.05, 0.1) is 12.6 Å². The van der Waals surface area contributed by atoms with E-state index in [2.05, 4.69) is 59.3 Å². The van der Waals surface area contributed by atoms with Crippen molar-refractivity contribution in [2.24, 2.45) is 0 Å². The molecule has 134 valence electrons. The Morgan fingerprint density at radius 1 is 1.23 bits per heavy atom. The molecule has 3 aromatic rings. The van der Waals surface area contributed by atoms with E-state index in [1.165, 1.54) is 21.8 Å². The summed E-state index contributed by atoms with van der Waals surface area (Å²) in [6.07, 6.45) is 5.50. The Morgan fingerprint density at radius 3 is 2.88 bits per heavy atom. The molecule has 0 aliphatic carbocycles. The normalized spacial score (nSPS) is 18.0. The number of hydrogen-bond donors (Lipinski definition) is 1. The molecule has 1 N–H and O–H groups in total. The van der Waals surface area contributed by atoms with Gasteiger partial charge in [-0.3, -0.25) is 4.79 Å². The molecule has 1 unspecified atom stereocenters. The predicted octanol–water partition coefficient (Wildman–Crippen LogP) is 4.12. The van der Waals surface area contributed by atoms with Gasteiger partial charge in [0.25, 0.3) is 0 Å². The SMILES string of the molecule is CCn1c2ccccc2c2cc(/C=C/C(=O)NC3CCCOC3)ccc21. The zero-order valence-corrected chi connectivity index (χ0v) is 15.1. The van der Waals surface area contributed by atoms with E-state index in [0.29, 0.717) is 6.61 Å². The van der Waals surface area contributed by atoms with Crippen LogP contribution in [-0.4, -0.2) is 29.7 Å². The van der Waals surface area contributed by atoms with Crippen molar-refractivity contribution in [1.29, 1.82) is 0 Å². The third-order valence-electron chi connectivity index (χ3n) is 5.05. The van der Waals surface area contributed by atoms with Gasteiger partial charge in [-0.05, 0) is 49.6 Å². The summed E-state index contributed by atoms with van der Waals surface area (Å²) in [5.74, 6) is -0.0587. The van der Waals surface area contributed by atoms with Crippen LogP contribution in [0.5, 0.6) is 0 Å². The molecule has 2 aromatic carbocycles. The first-order chi connectivity index (χ1) is 12.8. The van der Waals surface area contributed by atoms with E-state index < -0.39 is 0 Å². The minimum Gasteiger partial charge on any atom is -0.379 e. The molecule has 4 heteroatoms. The second-order valence-electron chi connectivity index (χ2n) is 6.79. The van der Waals surface area contributed by atoms with Crippen LogP contribution < -0.4 is 5.32 Å². The summed E-state index contributed by atoms with van der Waals surface area (Å²) in [5.41, 5.74) is 3.52. The van der Waals surface area contributed by atoms with E-state index in [1.54, 1.807) is 6.08 Å². The third-order valence-corrected chi connectivity index (χ3v) is 5.05. The largest absolute Gasteiger partial charge is 0.379 e. The fraction of sp³-hybridized carbons (Fsp3) is 0.318. The maximum absolute atomic E-state index is 12.2. The fourth-order valence-electron chi connectivity index (χ4n) is 3.79. The van der Waals surface area contributed by atoms with Gasteiger partial charge in [-0.25, -0.2) is 0 Å². The number of hydrogen-bond acceptors (Lipinski definition) is 2. The Balaban J connectivity index is 1.59. The lowest BCUT2D eigenvalue weighted by Crippen LogP contribution is -2.39. The molecule has 1 atom stereocenters. The minimum absolute atomic E-state index is 0.0587. The molecule has 1 saturated heterocycles. The summed E-state index contributed by atoms with van der Waals surface area (Å²) in [6.45, 7) is 4.51. The molecule has 1 aliphatic heterocycles. The van der Waals surface area contributed by atoms with Gasteiger partial charge in [0, 0.05) is 41.0 Å². The molecule has 0 radical (unpaired) electrons. The van der Waals surface area contributed by atoms with Crippen molar-refractivity contribution in [2.75, 3.05) is 13.2 Å². The fourth-order valence-corrected chi connectivity index (χ4v) is 3.79. The highest BCUT2D eigenvalue weighted by molar-refractivity contribution is 6.08. The van der Waals surface area contributed by atoms with Crippen molar-refractivity contribution < 1.29 is 9.53 Å². The lowest BCUT2D eigenvalue weighted by atomic mass is 10.1. The van der Waals surface area contributed by atoms with Crippen LogP contribution in [0.2, 0.25) is 0 Å². The lowest BCUT2D eigenvalue weighted by Gasteiger charge is -2.22. The number of rotatable bonds is 4. The number of nitrogens with zero attached hydrogens (tertiary/aromatic N) is 1. The summed E-state index contributed by atoms with van der Waals surface area (Å²) >= 11 is 0. The van der Waals surface area contributed by atoms with E-state index in [1.807, 2.05) is 6.08 Å². The Labute approximate surface area is 153 Å². The van der Waals surface area contributed by atoms with E-state index in [9.17, 15) is 4.79 Å². The van der Waals surface area contributed by atoms with Gasteiger partial charge in [-0.15, -0.1) is 0 Å². The standard InChI is InChI=1S/C22H24N2O2/c1-2-24-20-8-4-3-7-18(20)19-14-16(9-11-21(19)24)10-12-22(25)23-17-6-5-13-26-15-17/h3-4,7-12,14,17H,2,5-6,13,15H2,1H3,(H,23,25)/b12-10+. The highest BCUT2D eigenvalue weighted by atomic mass is 16.5. The number of carbonyl (C=O) groups excluding carboxylic acids is 1. The third kappa shape index (κ3) is 3.25. The van der Waals surface area contributed by atoms with Gasteiger partial charge in [-0.2, -0.15) is 0 Å². The summed E-state index contributed by atoms with van der Waals surface area (Å²) in [4.78, 5) is 12.2. The molecule has 1 aliphatic rings. The number of ether oxygens (including phenoxy) is 1. The first-order valence-electron chi connectivity index (χ1n) is 9.33. The summed E-state index contributed by atoms with van der Waals surface area (Å²) in [6, 6.07) is 15.0. The number of fused-ring (bicyclic) bond motifs is 3. The van der Waals surface area contributed by atoms with Gasteiger partial charge < -0.3 is 14.6 Å². The number of carbonyl (C=O) groups is 1. The van der Waals surface area contributed by atoms with Crippen LogP contribution in [-0.2, 0) is 16.1 Å². The molecular formula is C22H24N2O2. The quantitative estimate of drug-likeness (QED) is 0.721. The Hall–Kier alpha value is -2.59. The van der Waals surface area contributed by atoms with Crippen molar-refractivity contribution in [3.05, 3.63) is 54.1 Å². The van der Waals surface area contributed by atoms with Gasteiger partial charge in [0.1, 0.15) is 0 Å². The van der Waals surface area contributed by atoms with Crippen LogP contribution in [0.15, 0.2) is 48.5 Å². The zero-order chi connectivity index (χ0) is 17.9. The molecule has 0 bridgehead atoms. The van der Waals surface area contributed by atoms with Crippen LogP contribution in [0.25, 0.3) is 27.9 Å². The molecule has 1 fully saturated rings. The lowest BCUT2D eigenvalue weighted by molar-refractivity contribution is -0.118. The zero-order valence-electron chi connectivity index (χ0n) is 15.1. The summed E-state index contributed by atoms with van der Waals surface area (Å²) in [5, 5.41) is 5.49. The second-order valence-corrected chi connectivity index (χ2v) is 6.79. The monoisotopic (exact) mass is 348 g/mol. The maximum atomic E-state index is 12.2. The first kappa shape index (κ1) is 16.9. The van der Waals surface area contributed by atoms with E-state index in [-0.39, 0.29) is 11.9 Å². The molecule has 1 aromatic heterocycles. The molecule has 1 amide bonds. The van der Waals surface area contributed by atoms with Gasteiger partial charge in [0.15, 0.2) is 0 Å². The summed E-state index contributed by atoms with van der Waals surface area (Å²) in [7, 11) is 0. The van der Waals surface area contributed by atoms with Crippen molar-refractivity contribution >= 4 is 33.8 Å². The smallest absolute Gasteiger partial charge is 0.244 e. The number of aryl methyl sites for hydroxylation is 1. The van der Waals surface area contributed by atoms with E-state index in [4.69, 9.17) is 4.74 Å².